The van der Waals surface area contributed by atoms with Crippen LogP contribution in [0.3, 0.4) is 0 Å². The Morgan fingerprint density at radius 1 is 1.29 bits per heavy atom. The largest absolute Gasteiger partial charge is 0.373 e. The van der Waals surface area contributed by atoms with Gasteiger partial charge in [-0.05, 0) is 17.7 Å². The van der Waals surface area contributed by atoms with Gasteiger partial charge in [0.05, 0.1) is 36.7 Å². The van der Waals surface area contributed by atoms with E-state index in [1.807, 2.05) is 12.1 Å². The second-order valence-corrected chi connectivity index (χ2v) is 8.03. The van der Waals surface area contributed by atoms with Crippen LogP contribution in [0.25, 0.3) is 0 Å². The molecule has 0 N–H and O–H groups in total. The van der Waals surface area contributed by atoms with E-state index in [1.54, 1.807) is 17.0 Å². The minimum Gasteiger partial charge on any atom is -0.373 e. The van der Waals surface area contributed by atoms with E-state index in [-0.39, 0.29) is 36.0 Å². The van der Waals surface area contributed by atoms with Crippen LogP contribution < -0.4 is 0 Å². The second-order valence-electron chi connectivity index (χ2n) is 5.44. The molecule has 2 aliphatic rings. The van der Waals surface area contributed by atoms with Gasteiger partial charge in [0.2, 0.25) is 5.91 Å². The lowest BCUT2D eigenvalue weighted by Gasteiger charge is -2.36. The van der Waals surface area contributed by atoms with Crippen LogP contribution in [0.1, 0.15) is 5.56 Å². The van der Waals surface area contributed by atoms with Gasteiger partial charge >= 0.3 is 0 Å². The lowest BCUT2D eigenvalue weighted by Crippen LogP contribution is -2.53. The van der Waals surface area contributed by atoms with E-state index in [1.165, 1.54) is 0 Å². The SMILES string of the molecule is O=C(Cc1ccc(Cl)cc1)N1CCOC2CS(=O)(=O)CC21. The normalized spacial score (nSPS) is 27.4. The van der Waals surface area contributed by atoms with Crippen LogP contribution in [0.5, 0.6) is 0 Å². The summed E-state index contributed by atoms with van der Waals surface area (Å²) in [6.07, 6.45) is -0.126. The number of carbonyl (C=O) groups is 1. The molecule has 2 unspecified atom stereocenters. The molecule has 3 rings (SSSR count). The molecule has 0 aliphatic carbocycles. The summed E-state index contributed by atoms with van der Waals surface area (Å²) in [6, 6.07) is 6.76. The summed E-state index contributed by atoms with van der Waals surface area (Å²) in [5, 5.41) is 0.625. The molecule has 114 valence electrons. The van der Waals surface area contributed by atoms with Crippen molar-refractivity contribution in [3.8, 4) is 0 Å². The number of amides is 1. The fourth-order valence-electron chi connectivity index (χ4n) is 2.90. The Bertz CT molecular complexity index is 643. The first-order valence-corrected chi connectivity index (χ1v) is 9.00. The second kappa shape index (κ2) is 5.59. The third kappa shape index (κ3) is 3.22. The van der Waals surface area contributed by atoms with Gasteiger partial charge in [-0.15, -0.1) is 0 Å². The monoisotopic (exact) mass is 329 g/mol. The maximum absolute atomic E-state index is 12.4. The number of hydrogen-bond acceptors (Lipinski definition) is 4. The number of carbonyl (C=O) groups excluding carboxylic acids is 1. The third-order valence-electron chi connectivity index (χ3n) is 3.93. The number of nitrogens with zero attached hydrogens (tertiary/aromatic N) is 1. The zero-order chi connectivity index (χ0) is 15.0. The topological polar surface area (TPSA) is 63.7 Å². The van der Waals surface area contributed by atoms with Crippen LogP contribution in [0.2, 0.25) is 5.02 Å². The molecule has 2 fully saturated rings. The molecule has 1 aromatic carbocycles. The smallest absolute Gasteiger partial charge is 0.227 e. The molecule has 1 amide bonds. The summed E-state index contributed by atoms with van der Waals surface area (Å²) in [6.45, 7) is 0.839. The summed E-state index contributed by atoms with van der Waals surface area (Å²) in [4.78, 5) is 14.1. The van der Waals surface area contributed by atoms with E-state index < -0.39 is 9.84 Å². The van der Waals surface area contributed by atoms with E-state index >= 15 is 0 Å². The van der Waals surface area contributed by atoms with Gasteiger partial charge in [-0.25, -0.2) is 8.42 Å². The fourth-order valence-corrected chi connectivity index (χ4v) is 4.90. The van der Waals surface area contributed by atoms with Crippen LogP contribution in [-0.4, -0.2) is 56.0 Å². The van der Waals surface area contributed by atoms with Crippen LogP contribution >= 0.6 is 11.6 Å². The van der Waals surface area contributed by atoms with Crippen molar-refractivity contribution >= 4 is 27.3 Å². The van der Waals surface area contributed by atoms with Gasteiger partial charge in [0.1, 0.15) is 0 Å². The van der Waals surface area contributed by atoms with Gasteiger partial charge in [0.15, 0.2) is 9.84 Å². The van der Waals surface area contributed by atoms with Gasteiger partial charge in [0, 0.05) is 11.6 Å². The van der Waals surface area contributed by atoms with Crippen molar-refractivity contribution in [3.63, 3.8) is 0 Å². The Labute approximate surface area is 128 Å². The molecule has 0 saturated carbocycles. The average molecular weight is 330 g/mol. The maximum atomic E-state index is 12.4. The van der Waals surface area contributed by atoms with Crippen molar-refractivity contribution in [2.75, 3.05) is 24.7 Å². The van der Waals surface area contributed by atoms with E-state index in [4.69, 9.17) is 16.3 Å². The first kappa shape index (κ1) is 14.8. The zero-order valence-electron chi connectivity index (χ0n) is 11.4. The van der Waals surface area contributed by atoms with Crippen LogP contribution in [0.15, 0.2) is 24.3 Å². The van der Waals surface area contributed by atoms with Crippen molar-refractivity contribution < 1.29 is 17.9 Å². The molecule has 2 saturated heterocycles. The number of sulfone groups is 1. The first-order valence-electron chi connectivity index (χ1n) is 6.80. The van der Waals surface area contributed by atoms with Crippen molar-refractivity contribution in [1.82, 2.24) is 4.90 Å². The Kier molecular flexibility index (Phi) is 3.94. The Morgan fingerprint density at radius 2 is 2.00 bits per heavy atom. The molecular formula is C14H16ClNO4S. The van der Waals surface area contributed by atoms with Gasteiger partial charge < -0.3 is 9.64 Å². The molecular weight excluding hydrogens is 314 g/mol. The fraction of sp³-hybridized carbons (Fsp3) is 0.500. The maximum Gasteiger partial charge on any atom is 0.227 e. The number of benzene rings is 1. The van der Waals surface area contributed by atoms with Crippen molar-refractivity contribution in [2.24, 2.45) is 0 Å². The molecule has 0 aromatic heterocycles. The van der Waals surface area contributed by atoms with Crippen molar-refractivity contribution in [2.45, 2.75) is 18.6 Å². The minimum absolute atomic E-state index is 0.00399. The molecule has 2 heterocycles. The standard InChI is InChI=1S/C14H16ClNO4S/c15-11-3-1-10(2-4-11)7-14(17)16-5-6-20-13-9-21(18,19)8-12(13)16/h1-4,12-13H,5-9H2. The molecule has 0 radical (unpaired) electrons. The van der Waals surface area contributed by atoms with E-state index in [9.17, 15) is 13.2 Å². The molecule has 2 aliphatic heterocycles. The highest BCUT2D eigenvalue weighted by Crippen LogP contribution is 2.25. The van der Waals surface area contributed by atoms with Crippen LogP contribution in [0, 0.1) is 0 Å². The predicted octanol–water partition coefficient (Wildman–Crippen LogP) is 0.907. The van der Waals surface area contributed by atoms with Crippen molar-refractivity contribution in [1.29, 1.82) is 0 Å². The Hall–Kier alpha value is -1.11. The number of hydrogen-bond donors (Lipinski definition) is 0. The minimum atomic E-state index is -3.11. The van der Waals surface area contributed by atoms with E-state index in [2.05, 4.69) is 0 Å². The number of halogens is 1. The summed E-state index contributed by atoms with van der Waals surface area (Å²) in [5.74, 6) is -0.0420. The highest BCUT2D eigenvalue weighted by atomic mass is 35.5. The van der Waals surface area contributed by atoms with Crippen LogP contribution in [-0.2, 0) is 25.8 Å². The molecule has 0 bridgehead atoms. The van der Waals surface area contributed by atoms with Gasteiger partial charge in [-0.1, -0.05) is 23.7 Å². The summed E-state index contributed by atoms with van der Waals surface area (Å²) in [7, 11) is -3.11. The molecule has 5 nitrogen and oxygen atoms in total. The average Bonchev–Trinajstić information content (AvgIpc) is 2.74. The van der Waals surface area contributed by atoms with Crippen LogP contribution in [0.4, 0.5) is 0 Å². The summed E-state index contributed by atoms with van der Waals surface area (Å²) < 4.78 is 28.9. The number of rotatable bonds is 2. The summed E-state index contributed by atoms with van der Waals surface area (Å²) >= 11 is 5.82. The number of morpholine rings is 1. The molecule has 2 atom stereocenters. The molecule has 0 spiro atoms. The molecule has 21 heavy (non-hydrogen) atoms. The lowest BCUT2D eigenvalue weighted by atomic mass is 10.1. The Balaban J connectivity index is 1.73. The number of fused-ring (bicyclic) bond motifs is 1. The molecule has 7 heteroatoms. The van der Waals surface area contributed by atoms with Gasteiger partial charge in [-0.3, -0.25) is 4.79 Å². The first-order chi connectivity index (χ1) is 9.94. The third-order valence-corrected chi connectivity index (χ3v) is 5.86. The van der Waals surface area contributed by atoms with Gasteiger partial charge in [-0.2, -0.15) is 0 Å². The van der Waals surface area contributed by atoms with E-state index in [0.29, 0.717) is 18.2 Å². The summed E-state index contributed by atoms with van der Waals surface area (Å²) in [5.41, 5.74) is 0.869. The van der Waals surface area contributed by atoms with Crippen molar-refractivity contribution in [3.05, 3.63) is 34.9 Å². The van der Waals surface area contributed by atoms with Gasteiger partial charge in [0.25, 0.3) is 0 Å². The zero-order valence-corrected chi connectivity index (χ0v) is 12.9. The van der Waals surface area contributed by atoms with E-state index in [0.717, 1.165) is 5.56 Å². The highest BCUT2D eigenvalue weighted by Gasteiger charge is 2.45. The molecule has 1 aromatic rings. The Morgan fingerprint density at radius 3 is 2.71 bits per heavy atom. The highest BCUT2D eigenvalue weighted by molar-refractivity contribution is 7.91. The lowest BCUT2D eigenvalue weighted by molar-refractivity contribution is -0.142. The number of ether oxygens (including phenoxy) is 1. The quantitative estimate of drug-likeness (QED) is 0.809. The predicted molar refractivity (Wildman–Crippen MR) is 79.1 cm³/mol.